The zero-order valence-electron chi connectivity index (χ0n) is 11.8. The van der Waals surface area contributed by atoms with Crippen LogP contribution in [-0.4, -0.2) is 60.5 Å². The van der Waals surface area contributed by atoms with Gasteiger partial charge in [-0.1, -0.05) is 13.3 Å². The summed E-state index contributed by atoms with van der Waals surface area (Å²) in [6, 6.07) is -0.203. The molecule has 1 unspecified atom stereocenters. The fourth-order valence-corrected chi connectivity index (χ4v) is 2.76. The molecule has 2 rings (SSSR count). The smallest absolute Gasteiger partial charge is 0.245 e. The van der Waals surface area contributed by atoms with E-state index in [4.69, 9.17) is 4.74 Å². The Bertz CT molecular complexity index is 333. The van der Waals surface area contributed by atoms with Crippen molar-refractivity contribution in [3.8, 4) is 0 Å². The van der Waals surface area contributed by atoms with Crippen molar-refractivity contribution in [1.82, 2.24) is 9.80 Å². The molecule has 0 aromatic heterocycles. The molecule has 2 saturated heterocycles. The number of amides is 2. The van der Waals surface area contributed by atoms with E-state index in [0.717, 1.165) is 38.8 Å². The molecular formula is C14H24N2O3. The van der Waals surface area contributed by atoms with E-state index in [1.807, 2.05) is 0 Å². The highest BCUT2D eigenvalue weighted by Gasteiger charge is 2.38. The minimum atomic E-state index is -0.203. The van der Waals surface area contributed by atoms with Gasteiger partial charge in [-0.3, -0.25) is 9.59 Å². The highest BCUT2D eigenvalue weighted by Crippen LogP contribution is 2.23. The SMILES string of the molecule is CCCCOCCN1CCC(=O)N2CCCC2C1=O. The van der Waals surface area contributed by atoms with Crippen LogP contribution in [0.2, 0.25) is 0 Å². The van der Waals surface area contributed by atoms with Crippen molar-refractivity contribution in [1.29, 1.82) is 0 Å². The molecule has 0 aromatic carbocycles. The molecule has 2 aliphatic heterocycles. The molecule has 108 valence electrons. The van der Waals surface area contributed by atoms with Gasteiger partial charge in [0.05, 0.1) is 6.61 Å². The van der Waals surface area contributed by atoms with Crippen LogP contribution in [-0.2, 0) is 14.3 Å². The maximum Gasteiger partial charge on any atom is 0.245 e. The third-order valence-corrected chi connectivity index (χ3v) is 3.91. The van der Waals surface area contributed by atoms with Crippen LogP contribution in [0.5, 0.6) is 0 Å². The lowest BCUT2D eigenvalue weighted by Crippen LogP contribution is -2.44. The second kappa shape index (κ2) is 6.89. The summed E-state index contributed by atoms with van der Waals surface area (Å²) in [5.41, 5.74) is 0. The summed E-state index contributed by atoms with van der Waals surface area (Å²) in [4.78, 5) is 27.9. The van der Waals surface area contributed by atoms with E-state index < -0.39 is 0 Å². The normalized spacial score (nSPS) is 23.7. The summed E-state index contributed by atoms with van der Waals surface area (Å²) in [6.07, 6.45) is 4.40. The van der Waals surface area contributed by atoms with Crippen LogP contribution < -0.4 is 0 Å². The Morgan fingerprint density at radius 1 is 1.26 bits per heavy atom. The van der Waals surface area contributed by atoms with E-state index >= 15 is 0 Å². The summed E-state index contributed by atoms with van der Waals surface area (Å²) in [7, 11) is 0. The van der Waals surface area contributed by atoms with Crippen LogP contribution in [0.1, 0.15) is 39.0 Å². The number of rotatable bonds is 6. The van der Waals surface area contributed by atoms with E-state index in [9.17, 15) is 9.59 Å². The molecule has 0 N–H and O–H groups in total. The molecule has 5 nitrogen and oxygen atoms in total. The zero-order valence-corrected chi connectivity index (χ0v) is 11.8. The van der Waals surface area contributed by atoms with Crippen molar-refractivity contribution in [3.05, 3.63) is 0 Å². The molecule has 1 atom stereocenters. The Morgan fingerprint density at radius 3 is 2.89 bits per heavy atom. The Labute approximate surface area is 114 Å². The summed E-state index contributed by atoms with van der Waals surface area (Å²) < 4.78 is 5.51. The number of unbranched alkanes of at least 4 members (excludes halogenated alkanes) is 1. The second-order valence-corrected chi connectivity index (χ2v) is 5.29. The van der Waals surface area contributed by atoms with Crippen LogP contribution in [0.3, 0.4) is 0 Å². The van der Waals surface area contributed by atoms with Gasteiger partial charge in [0.2, 0.25) is 11.8 Å². The topological polar surface area (TPSA) is 49.9 Å². The zero-order chi connectivity index (χ0) is 13.7. The van der Waals surface area contributed by atoms with Gasteiger partial charge in [0.1, 0.15) is 6.04 Å². The molecule has 5 heteroatoms. The largest absolute Gasteiger partial charge is 0.380 e. The molecule has 2 heterocycles. The van der Waals surface area contributed by atoms with Gasteiger partial charge in [-0.2, -0.15) is 0 Å². The summed E-state index contributed by atoms with van der Waals surface area (Å²) >= 11 is 0. The molecular weight excluding hydrogens is 244 g/mol. The van der Waals surface area contributed by atoms with Crippen molar-refractivity contribution in [3.63, 3.8) is 0 Å². The fraction of sp³-hybridized carbons (Fsp3) is 0.857. The lowest BCUT2D eigenvalue weighted by molar-refractivity contribution is -0.139. The highest BCUT2D eigenvalue weighted by atomic mass is 16.5. The predicted molar refractivity (Wildman–Crippen MR) is 71.7 cm³/mol. The lowest BCUT2D eigenvalue weighted by atomic mass is 10.2. The van der Waals surface area contributed by atoms with E-state index in [2.05, 4.69) is 6.92 Å². The first-order valence-electron chi connectivity index (χ1n) is 7.40. The van der Waals surface area contributed by atoms with Crippen LogP contribution in [0, 0.1) is 0 Å². The monoisotopic (exact) mass is 268 g/mol. The Hall–Kier alpha value is -1.10. The first-order chi connectivity index (χ1) is 9.24. The molecule has 2 amide bonds. The van der Waals surface area contributed by atoms with Gasteiger partial charge in [0.25, 0.3) is 0 Å². The summed E-state index contributed by atoms with van der Waals surface area (Å²) in [5, 5.41) is 0. The van der Waals surface area contributed by atoms with Gasteiger partial charge in [-0.15, -0.1) is 0 Å². The van der Waals surface area contributed by atoms with E-state index in [0.29, 0.717) is 26.1 Å². The quantitative estimate of drug-likeness (QED) is 0.676. The van der Waals surface area contributed by atoms with Crippen molar-refractivity contribution >= 4 is 11.8 Å². The number of carbonyl (C=O) groups excluding carboxylic acids is 2. The summed E-state index contributed by atoms with van der Waals surface area (Å²) in [6.45, 7) is 5.36. The van der Waals surface area contributed by atoms with Crippen LogP contribution in [0.25, 0.3) is 0 Å². The maximum absolute atomic E-state index is 12.4. The third-order valence-electron chi connectivity index (χ3n) is 3.91. The molecule has 2 aliphatic rings. The van der Waals surface area contributed by atoms with E-state index in [1.54, 1.807) is 9.80 Å². The highest BCUT2D eigenvalue weighted by molar-refractivity contribution is 5.90. The van der Waals surface area contributed by atoms with Gasteiger partial charge < -0.3 is 14.5 Å². The minimum Gasteiger partial charge on any atom is -0.380 e. The Kier molecular flexibility index (Phi) is 5.19. The first kappa shape index (κ1) is 14.3. The average molecular weight is 268 g/mol. The molecule has 0 aliphatic carbocycles. The minimum absolute atomic E-state index is 0.113. The second-order valence-electron chi connectivity index (χ2n) is 5.29. The molecule has 19 heavy (non-hydrogen) atoms. The Balaban J connectivity index is 1.83. The van der Waals surface area contributed by atoms with Crippen molar-refractivity contribution < 1.29 is 14.3 Å². The molecule has 0 bridgehead atoms. The fourth-order valence-electron chi connectivity index (χ4n) is 2.76. The maximum atomic E-state index is 12.4. The third kappa shape index (κ3) is 3.47. The standard InChI is InChI=1S/C14H24N2O3/c1-2-3-10-19-11-9-15-8-6-13(17)16-7-4-5-12(16)14(15)18/h12H,2-11H2,1H3. The summed E-state index contributed by atoms with van der Waals surface area (Å²) in [5.74, 6) is 0.243. The molecule has 2 fully saturated rings. The first-order valence-corrected chi connectivity index (χ1v) is 7.40. The average Bonchev–Trinajstić information content (AvgIpc) is 2.86. The Morgan fingerprint density at radius 2 is 2.11 bits per heavy atom. The van der Waals surface area contributed by atoms with Crippen LogP contribution in [0.15, 0.2) is 0 Å². The van der Waals surface area contributed by atoms with Crippen LogP contribution >= 0.6 is 0 Å². The van der Waals surface area contributed by atoms with Crippen LogP contribution in [0.4, 0.5) is 0 Å². The van der Waals surface area contributed by atoms with E-state index in [1.165, 1.54) is 0 Å². The number of carbonyl (C=O) groups is 2. The van der Waals surface area contributed by atoms with Gasteiger partial charge in [-0.05, 0) is 19.3 Å². The van der Waals surface area contributed by atoms with Crippen molar-refractivity contribution in [2.24, 2.45) is 0 Å². The van der Waals surface area contributed by atoms with Gasteiger partial charge in [0, 0.05) is 32.7 Å². The number of ether oxygens (including phenoxy) is 1. The number of hydrogen-bond acceptors (Lipinski definition) is 3. The van der Waals surface area contributed by atoms with Crippen molar-refractivity contribution in [2.45, 2.75) is 45.1 Å². The number of fused-ring (bicyclic) bond motifs is 1. The van der Waals surface area contributed by atoms with Crippen molar-refractivity contribution in [2.75, 3.05) is 32.8 Å². The molecule has 0 saturated carbocycles. The van der Waals surface area contributed by atoms with Gasteiger partial charge in [-0.25, -0.2) is 0 Å². The predicted octanol–water partition coefficient (Wildman–Crippen LogP) is 1.03. The molecule has 0 aromatic rings. The number of hydrogen-bond donors (Lipinski definition) is 0. The molecule has 0 spiro atoms. The molecule has 0 radical (unpaired) electrons. The van der Waals surface area contributed by atoms with E-state index in [-0.39, 0.29) is 17.9 Å². The van der Waals surface area contributed by atoms with Gasteiger partial charge in [0.15, 0.2) is 0 Å². The van der Waals surface area contributed by atoms with Gasteiger partial charge >= 0.3 is 0 Å². The lowest BCUT2D eigenvalue weighted by Gasteiger charge is -2.25. The number of nitrogens with zero attached hydrogens (tertiary/aromatic N) is 2.